The smallest absolute Gasteiger partial charge is 0.407 e. The number of nitrogens with one attached hydrogen (secondary N) is 4. The topological polar surface area (TPSA) is 226 Å². The molecular formula is C35H43N9O5. The third-order valence-corrected chi connectivity index (χ3v) is 8.27. The molecule has 0 saturated heterocycles. The number of fused-ring (bicyclic) bond motifs is 3. The zero-order valence-electron chi connectivity index (χ0n) is 27.6. The maximum atomic E-state index is 13.5. The molecule has 1 aliphatic carbocycles. The lowest BCUT2D eigenvalue weighted by Crippen LogP contribution is -2.54. The van der Waals surface area contributed by atoms with Crippen molar-refractivity contribution in [2.45, 2.75) is 57.2 Å². The summed E-state index contributed by atoms with van der Waals surface area (Å²) < 4.78 is 5.67. The molecule has 3 aromatic rings. The summed E-state index contributed by atoms with van der Waals surface area (Å²) in [6.45, 7) is 4.00. The predicted octanol–water partition coefficient (Wildman–Crippen LogP) is 4.30. The molecule has 3 atom stereocenters. The number of amides is 5. The standard InChI is InChI=1S/C35H43N9O5/c1-21(2)31(43-35(48)49-20-29-27-10-5-3-8-25(27)26-9-4-6-11-28(26)29)33(46)42-30(12-7-17-39-34(37)47)32(45)41-24-15-13-22(14-16-24)18-23(36)19-40-44-38/h3-6,8-11,13-16,21,23,29-31H,7,12,17-20,36H2,1-2H3,(H,41,45)(H,42,46)(H,43,48)(H3,37,39,47)/t23-,30-,31-/m0/s1. The Bertz CT molecular complexity index is 1630. The molecule has 258 valence electrons. The van der Waals surface area contributed by atoms with E-state index in [0.717, 1.165) is 27.8 Å². The number of nitrogens with two attached hydrogens (primary N) is 2. The molecule has 49 heavy (non-hydrogen) atoms. The second-order valence-corrected chi connectivity index (χ2v) is 12.2. The van der Waals surface area contributed by atoms with Gasteiger partial charge < -0.3 is 37.5 Å². The van der Waals surface area contributed by atoms with Crippen LogP contribution in [0.15, 0.2) is 77.9 Å². The van der Waals surface area contributed by atoms with Gasteiger partial charge in [0.2, 0.25) is 11.8 Å². The van der Waals surface area contributed by atoms with Gasteiger partial charge in [-0.15, -0.1) is 0 Å². The van der Waals surface area contributed by atoms with Gasteiger partial charge in [-0.3, -0.25) is 9.59 Å². The van der Waals surface area contributed by atoms with Crippen LogP contribution in [0.5, 0.6) is 0 Å². The quantitative estimate of drug-likeness (QED) is 0.0563. The van der Waals surface area contributed by atoms with Gasteiger partial charge in [-0.1, -0.05) is 79.6 Å². The number of hydrogen-bond donors (Lipinski definition) is 6. The van der Waals surface area contributed by atoms with E-state index in [1.807, 2.05) is 48.5 Å². The number of urea groups is 1. The van der Waals surface area contributed by atoms with Gasteiger partial charge in [-0.05, 0) is 70.7 Å². The molecule has 14 nitrogen and oxygen atoms in total. The summed E-state index contributed by atoms with van der Waals surface area (Å²) in [5, 5.41) is 14.2. The Morgan fingerprint density at radius 2 is 1.55 bits per heavy atom. The highest BCUT2D eigenvalue weighted by atomic mass is 16.5. The van der Waals surface area contributed by atoms with E-state index in [9.17, 15) is 19.2 Å². The predicted molar refractivity (Wildman–Crippen MR) is 186 cm³/mol. The zero-order valence-corrected chi connectivity index (χ0v) is 27.6. The van der Waals surface area contributed by atoms with Crippen LogP contribution in [0.25, 0.3) is 21.6 Å². The molecule has 4 rings (SSSR count). The lowest BCUT2D eigenvalue weighted by Gasteiger charge is -2.25. The normalized spacial score (nSPS) is 13.6. The molecule has 1 aliphatic rings. The van der Waals surface area contributed by atoms with Crippen molar-refractivity contribution >= 4 is 29.6 Å². The third-order valence-electron chi connectivity index (χ3n) is 8.27. The molecule has 0 radical (unpaired) electrons. The van der Waals surface area contributed by atoms with Crippen LogP contribution in [0.4, 0.5) is 15.3 Å². The minimum absolute atomic E-state index is 0.0860. The number of carbonyl (C=O) groups is 4. The summed E-state index contributed by atoms with van der Waals surface area (Å²) in [4.78, 5) is 53.9. The SMILES string of the molecule is CC(C)[C@H](NC(=O)OCC1c2ccccc2-c2ccccc21)C(=O)N[C@@H](CCCNC(N)=O)C(=O)Nc1ccc(C[C@H](N)CN=[N+]=[N-])cc1. The first-order chi connectivity index (χ1) is 23.6. The van der Waals surface area contributed by atoms with Gasteiger partial charge in [0.15, 0.2) is 0 Å². The Morgan fingerprint density at radius 3 is 2.14 bits per heavy atom. The number of anilines is 1. The summed E-state index contributed by atoms with van der Waals surface area (Å²) in [7, 11) is 0. The van der Waals surface area contributed by atoms with E-state index in [0.29, 0.717) is 18.5 Å². The molecule has 8 N–H and O–H groups in total. The van der Waals surface area contributed by atoms with Gasteiger partial charge in [0.1, 0.15) is 18.7 Å². The first kappa shape index (κ1) is 36.2. The van der Waals surface area contributed by atoms with E-state index in [1.54, 1.807) is 38.1 Å². The fourth-order valence-electron chi connectivity index (χ4n) is 5.81. The summed E-state index contributed by atoms with van der Waals surface area (Å²) in [5.74, 6) is -1.52. The van der Waals surface area contributed by atoms with Crippen molar-refractivity contribution in [1.82, 2.24) is 16.0 Å². The number of carbonyl (C=O) groups excluding carboxylic acids is 4. The maximum absolute atomic E-state index is 13.5. The van der Waals surface area contributed by atoms with Crippen LogP contribution in [0.2, 0.25) is 0 Å². The fraction of sp³-hybridized carbons (Fsp3) is 0.371. The molecule has 0 aliphatic heterocycles. The van der Waals surface area contributed by atoms with E-state index in [1.165, 1.54) is 0 Å². The zero-order chi connectivity index (χ0) is 35.3. The highest BCUT2D eigenvalue weighted by Gasteiger charge is 2.32. The van der Waals surface area contributed by atoms with Crippen molar-refractivity contribution in [2.24, 2.45) is 22.5 Å². The van der Waals surface area contributed by atoms with Crippen molar-refractivity contribution < 1.29 is 23.9 Å². The van der Waals surface area contributed by atoms with Crippen LogP contribution >= 0.6 is 0 Å². The average Bonchev–Trinajstić information content (AvgIpc) is 3.40. The molecule has 0 aromatic heterocycles. The summed E-state index contributed by atoms with van der Waals surface area (Å²) >= 11 is 0. The van der Waals surface area contributed by atoms with Crippen LogP contribution in [0.1, 0.15) is 49.3 Å². The molecule has 14 heteroatoms. The molecular weight excluding hydrogens is 626 g/mol. The number of rotatable bonds is 16. The van der Waals surface area contributed by atoms with Gasteiger partial charge >= 0.3 is 12.1 Å². The van der Waals surface area contributed by atoms with Gasteiger partial charge in [0, 0.05) is 35.6 Å². The van der Waals surface area contributed by atoms with E-state index in [2.05, 4.69) is 31.3 Å². The van der Waals surface area contributed by atoms with Crippen molar-refractivity contribution in [3.8, 4) is 11.1 Å². The molecule has 0 spiro atoms. The fourth-order valence-corrected chi connectivity index (χ4v) is 5.81. The van der Waals surface area contributed by atoms with Gasteiger partial charge in [0.05, 0.1) is 0 Å². The molecule has 0 bridgehead atoms. The first-order valence-electron chi connectivity index (χ1n) is 16.2. The minimum atomic E-state index is -0.997. The van der Waals surface area contributed by atoms with E-state index in [4.69, 9.17) is 21.7 Å². The first-order valence-corrected chi connectivity index (χ1v) is 16.2. The molecule has 3 aromatic carbocycles. The Kier molecular flexibility index (Phi) is 13.0. The minimum Gasteiger partial charge on any atom is -0.449 e. The number of ether oxygens (including phenoxy) is 1. The van der Waals surface area contributed by atoms with Crippen molar-refractivity contribution in [2.75, 3.05) is 25.0 Å². The van der Waals surface area contributed by atoms with E-state index < -0.39 is 36.0 Å². The second kappa shape index (κ2) is 17.5. The lowest BCUT2D eigenvalue weighted by atomic mass is 9.98. The molecule has 5 amide bonds. The second-order valence-electron chi connectivity index (χ2n) is 12.2. The third kappa shape index (κ3) is 10.2. The molecule has 0 fully saturated rings. The van der Waals surface area contributed by atoms with Crippen LogP contribution in [-0.2, 0) is 20.7 Å². The average molecular weight is 670 g/mol. The molecule has 0 saturated carbocycles. The largest absolute Gasteiger partial charge is 0.449 e. The van der Waals surface area contributed by atoms with Crippen molar-refractivity contribution in [3.05, 3.63) is 99.9 Å². The van der Waals surface area contributed by atoms with Crippen LogP contribution in [0.3, 0.4) is 0 Å². The lowest BCUT2D eigenvalue weighted by molar-refractivity contribution is -0.128. The molecule has 0 unspecified atom stereocenters. The van der Waals surface area contributed by atoms with E-state index in [-0.39, 0.29) is 44.0 Å². The summed E-state index contributed by atoms with van der Waals surface area (Å²) in [5.41, 5.74) is 25.4. The van der Waals surface area contributed by atoms with Crippen LogP contribution in [0, 0.1) is 5.92 Å². The Balaban J connectivity index is 1.38. The maximum Gasteiger partial charge on any atom is 0.407 e. The number of alkyl carbamates (subject to hydrolysis) is 1. The van der Waals surface area contributed by atoms with E-state index >= 15 is 0 Å². The van der Waals surface area contributed by atoms with Crippen molar-refractivity contribution in [3.63, 3.8) is 0 Å². The summed E-state index contributed by atoms with van der Waals surface area (Å²) in [6, 6.07) is 20.0. The number of benzene rings is 3. The Morgan fingerprint density at radius 1 is 0.918 bits per heavy atom. The van der Waals surface area contributed by atoms with Gasteiger partial charge in [-0.25, -0.2) is 9.59 Å². The number of hydrogen-bond acceptors (Lipinski definition) is 7. The van der Waals surface area contributed by atoms with Gasteiger partial charge in [-0.2, -0.15) is 0 Å². The number of nitrogens with zero attached hydrogens (tertiary/aromatic N) is 3. The summed E-state index contributed by atoms with van der Waals surface area (Å²) in [6.07, 6.45) is 0.253. The number of azide groups is 1. The van der Waals surface area contributed by atoms with Crippen LogP contribution < -0.4 is 32.7 Å². The highest BCUT2D eigenvalue weighted by molar-refractivity contribution is 5.98. The van der Waals surface area contributed by atoms with Crippen molar-refractivity contribution in [1.29, 1.82) is 0 Å². The number of primary amides is 1. The Hall–Kier alpha value is -5.59. The van der Waals surface area contributed by atoms with Crippen LogP contribution in [-0.4, -0.2) is 61.8 Å². The highest BCUT2D eigenvalue weighted by Crippen LogP contribution is 2.44. The monoisotopic (exact) mass is 669 g/mol. The Labute approximate surface area is 285 Å². The molecule has 0 heterocycles. The van der Waals surface area contributed by atoms with Gasteiger partial charge in [0.25, 0.3) is 0 Å².